The molecule has 3 rings (SSSR count). The molecule has 2 N–H and O–H groups in total. The number of carboxylic acids is 1. The Hall–Kier alpha value is -3.31. The molecule has 0 heterocycles. The molecule has 0 radical (unpaired) electrons. The Kier molecular flexibility index (Phi) is 7.90. The van der Waals surface area contributed by atoms with E-state index < -0.39 is 12.1 Å². The van der Waals surface area contributed by atoms with Gasteiger partial charge in [-0.15, -0.1) is 0 Å². The largest absolute Gasteiger partial charge is 0.496 e. The van der Waals surface area contributed by atoms with Crippen LogP contribution in [-0.2, 0) is 24.1 Å². The number of hydrogen-bond donors (Lipinski definition) is 2. The summed E-state index contributed by atoms with van der Waals surface area (Å²) >= 11 is 0. The summed E-state index contributed by atoms with van der Waals surface area (Å²) in [5.74, 6) is 0.405. The van der Waals surface area contributed by atoms with Crippen LogP contribution in [0.2, 0.25) is 0 Å². The smallest absolute Gasteiger partial charge is 0.307 e. The lowest BCUT2D eigenvalue weighted by molar-refractivity contribution is -0.136. The van der Waals surface area contributed by atoms with Crippen molar-refractivity contribution < 1.29 is 24.5 Å². The van der Waals surface area contributed by atoms with Gasteiger partial charge in [0.2, 0.25) is 0 Å². The maximum absolute atomic E-state index is 11.4. The molecule has 0 aromatic heterocycles. The maximum atomic E-state index is 11.4. The Labute approximate surface area is 189 Å². The highest BCUT2D eigenvalue weighted by atomic mass is 16.5. The Bertz CT molecular complexity index is 1000. The van der Waals surface area contributed by atoms with Crippen molar-refractivity contribution in [1.82, 2.24) is 0 Å². The summed E-state index contributed by atoms with van der Waals surface area (Å²) < 4.78 is 11.0. The van der Waals surface area contributed by atoms with Crippen LogP contribution in [0.15, 0.2) is 66.7 Å². The quantitative estimate of drug-likeness (QED) is 0.481. The Morgan fingerprint density at radius 1 is 0.844 bits per heavy atom. The third-order valence-corrected chi connectivity index (χ3v) is 5.78. The van der Waals surface area contributed by atoms with Crippen LogP contribution in [0, 0.1) is 12.8 Å². The second kappa shape index (κ2) is 10.8. The van der Waals surface area contributed by atoms with E-state index in [-0.39, 0.29) is 12.3 Å². The number of ether oxygens (including phenoxy) is 2. The Morgan fingerprint density at radius 2 is 1.34 bits per heavy atom. The first-order valence-corrected chi connectivity index (χ1v) is 10.7. The monoisotopic (exact) mass is 434 g/mol. The van der Waals surface area contributed by atoms with Gasteiger partial charge in [0.15, 0.2) is 0 Å². The standard InChI is InChI=1S/C27H30O5/c1-18-24(31-2)16-23(17-25(18)32-3)27(30)22(13-19-7-5-4-6-8-19)14-20-9-11-21(12-10-20)15-26(28)29/h4-12,16-17,22,27,30H,13-15H2,1-3H3,(H,28,29). The van der Waals surface area contributed by atoms with Gasteiger partial charge in [-0.3, -0.25) is 4.79 Å². The number of aliphatic hydroxyl groups excluding tert-OH is 1. The van der Waals surface area contributed by atoms with Crippen LogP contribution >= 0.6 is 0 Å². The molecule has 0 amide bonds. The number of aliphatic hydroxyl groups is 1. The zero-order valence-corrected chi connectivity index (χ0v) is 18.7. The topological polar surface area (TPSA) is 76.0 Å². The molecule has 0 spiro atoms. The lowest BCUT2D eigenvalue weighted by Crippen LogP contribution is -2.19. The van der Waals surface area contributed by atoms with Crippen LogP contribution in [0.5, 0.6) is 11.5 Å². The van der Waals surface area contributed by atoms with Crippen molar-refractivity contribution in [2.24, 2.45) is 5.92 Å². The maximum Gasteiger partial charge on any atom is 0.307 e. The van der Waals surface area contributed by atoms with Crippen LogP contribution in [0.1, 0.15) is 33.9 Å². The van der Waals surface area contributed by atoms with Crippen LogP contribution in [-0.4, -0.2) is 30.4 Å². The van der Waals surface area contributed by atoms with Crippen molar-refractivity contribution in [3.05, 3.63) is 94.5 Å². The van der Waals surface area contributed by atoms with Gasteiger partial charge in [0.25, 0.3) is 0 Å². The summed E-state index contributed by atoms with van der Waals surface area (Å²) in [5.41, 5.74) is 4.58. The number of methoxy groups -OCH3 is 2. The first-order chi connectivity index (χ1) is 15.4. The normalized spacial score (nSPS) is 12.8. The molecule has 3 aromatic rings. The zero-order chi connectivity index (χ0) is 23.1. The van der Waals surface area contributed by atoms with E-state index in [9.17, 15) is 9.90 Å². The van der Waals surface area contributed by atoms with Crippen molar-refractivity contribution >= 4 is 5.97 Å². The average Bonchev–Trinajstić information content (AvgIpc) is 2.80. The number of carbonyl (C=O) groups is 1. The van der Waals surface area contributed by atoms with Gasteiger partial charge < -0.3 is 19.7 Å². The van der Waals surface area contributed by atoms with Gasteiger partial charge in [0.1, 0.15) is 11.5 Å². The summed E-state index contributed by atoms with van der Waals surface area (Å²) in [4.78, 5) is 11.0. The molecule has 2 atom stereocenters. The van der Waals surface area contributed by atoms with Crippen LogP contribution in [0.3, 0.4) is 0 Å². The first-order valence-electron chi connectivity index (χ1n) is 10.7. The van der Waals surface area contributed by atoms with Crippen LogP contribution in [0.25, 0.3) is 0 Å². The third kappa shape index (κ3) is 5.89. The van der Waals surface area contributed by atoms with E-state index in [1.165, 1.54) is 0 Å². The molecule has 168 valence electrons. The van der Waals surface area contributed by atoms with Crippen LogP contribution < -0.4 is 9.47 Å². The SMILES string of the molecule is COc1cc(C(O)C(Cc2ccccc2)Cc2ccc(CC(=O)O)cc2)cc(OC)c1C. The van der Waals surface area contributed by atoms with E-state index >= 15 is 0 Å². The van der Waals surface area contributed by atoms with E-state index in [1.54, 1.807) is 14.2 Å². The third-order valence-electron chi connectivity index (χ3n) is 5.78. The summed E-state index contributed by atoms with van der Waals surface area (Å²) in [5, 5.41) is 20.4. The van der Waals surface area contributed by atoms with Crippen molar-refractivity contribution in [1.29, 1.82) is 0 Å². The molecular formula is C27H30O5. The fourth-order valence-electron chi connectivity index (χ4n) is 4.03. The van der Waals surface area contributed by atoms with Crippen LogP contribution in [0.4, 0.5) is 0 Å². The summed E-state index contributed by atoms with van der Waals surface area (Å²) in [6, 6.07) is 21.4. The van der Waals surface area contributed by atoms with E-state index in [0.717, 1.165) is 27.8 Å². The molecule has 0 aliphatic carbocycles. The molecule has 2 unspecified atom stereocenters. The Balaban J connectivity index is 1.91. The van der Waals surface area contributed by atoms with E-state index in [0.29, 0.717) is 24.3 Å². The second-order valence-electron chi connectivity index (χ2n) is 8.04. The molecule has 5 nitrogen and oxygen atoms in total. The van der Waals surface area contributed by atoms with Gasteiger partial charge >= 0.3 is 5.97 Å². The zero-order valence-electron chi connectivity index (χ0n) is 18.7. The average molecular weight is 435 g/mol. The summed E-state index contributed by atoms with van der Waals surface area (Å²) in [6.45, 7) is 1.92. The second-order valence-corrected chi connectivity index (χ2v) is 8.04. The van der Waals surface area contributed by atoms with Gasteiger partial charge in [-0.1, -0.05) is 54.6 Å². The van der Waals surface area contributed by atoms with Crippen molar-refractivity contribution in [3.8, 4) is 11.5 Å². The lowest BCUT2D eigenvalue weighted by atomic mass is 9.84. The fraction of sp³-hybridized carbons (Fsp3) is 0.296. The summed E-state index contributed by atoms with van der Waals surface area (Å²) in [6.07, 6.45) is 0.593. The molecule has 3 aromatic carbocycles. The van der Waals surface area contributed by atoms with Gasteiger partial charge in [-0.2, -0.15) is 0 Å². The van der Waals surface area contributed by atoms with Gasteiger partial charge in [0.05, 0.1) is 26.7 Å². The van der Waals surface area contributed by atoms with E-state index in [2.05, 4.69) is 12.1 Å². The van der Waals surface area contributed by atoms with E-state index in [1.807, 2.05) is 61.5 Å². The van der Waals surface area contributed by atoms with Gasteiger partial charge in [0, 0.05) is 5.56 Å². The molecule has 0 bridgehead atoms. The molecule has 0 aliphatic heterocycles. The Morgan fingerprint density at radius 3 is 1.84 bits per heavy atom. The van der Waals surface area contributed by atoms with Gasteiger partial charge in [-0.25, -0.2) is 0 Å². The lowest BCUT2D eigenvalue weighted by Gasteiger charge is -2.25. The summed E-state index contributed by atoms with van der Waals surface area (Å²) in [7, 11) is 3.22. The number of hydrogen-bond acceptors (Lipinski definition) is 4. The predicted octanol–water partition coefficient (Wildman–Crippen LogP) is 4.77. The molecule has 0 saturated heterocycles. The molecule has 0 aliphatic rings. The first kappa shape index (κ1) is 23.4. The molecule has 0 fully saturated rings. The number of aliphatic carboxylic acids is 1. The minimum atomic E-state index is -0.850. The van der Waals surface area contributed by atoms with Gasteiger partial charge in [-0.05, 0) is 60.1 Å². The predicted molar refractivity (Wildman–Crippen MR) is 124 cm³/mol. The molecule has 32 heavy (non-hydrogen) atoms. The van der Waals surface area contributed by atoms with Crippen molar-refractivity contribution in [2.75, 3.05) is 14.2 Å². The fourth-order valence-corrected chi connectivity index (χ4v) is 4.03. The van der Waals surface area contributed by atoms with Crippen molar-refractivity contribution in [2.45, 2.75) is 32.3 Å². The highest BCUT2D eigenvalue weighted by Gasteiger charge is 2.24. The number of benzene rings is 3. The highest BCUT2D eigenvalue weighted by molar-refractivity contribution is 5.70. The van der Waals surface area contributed by atoms with Crippen molar-refractivity contribution in [3.63, 3.8) is 0 Å². The minimum Gasteiger partial charge on any atom is -0.496 e. The number of carboxylic acid groups (broad SMARTS) is 1. The molecule has 0 saturated carbocycles. The highest BCUT2D eigenvalue weighted by Crippen LogP contribution is 2.36. The van der Waals surface area contributed by atoms with E-state index in [4.69, 9.17) is 14.6 Å². The number of rotatable bonds is 10. The molecule has 5 heteroatoms. The minimum absolute atomic E-state index is 0.000690. The molecular weight excluding hydrogens is 404 g/mol.